The molecule has 10 nitrogen and oxygen atoms in total. The Morgan fingerprint density at radius 3 is 2.44 bits per heavy atom. The highest BCUT2D eigenvalue weighted by atomic mass is 32.2. The van der Waals surface area contributed by atoms with Gasteiger partial charge in [0.25, 0.3) is 5.91 Å². The molecule has 0 spiro atoms. The summed E-state index contributed by atoms with van der Waals surface area (Å²) in [5.41, 5.74) is -0.745. The molecule has 4 N–H and O–H groups in total. The standard InChI is InChI=1S/C31H37F3N4O6S/c1-3-5-14-24(28(41)37-23(25(39)29(42)35-4-2)17-20-15-16-36-27(20)40)45-38-30(43)44-26(19-10-7-6-8-11-19)31(33,34)21-12-9-13-22(32)18-21/h6-13,18,20,23-24,26H,3-5,14-17H2,1-2H3,(H,35,42)(H,36,40)(H,37,41)(H,38,43)/t20-,23-,24-,26-/m0/s1. The molecule has 1 heterocycles. The lowest BCUT2D eigenvalue weighted by Gasteiger charge is -2.28. The number of ketones is 1. The van der Waals surface area contributed by atoms with Crippen LogP contribution in [0.4, 0.5) is 18.0 Å². The average Bonchev–Trinajstić information content (AvgIpc) is 3.43. The number of unbranched alkanes of at least 4 members (excludes halogenated alkanes) is 1. The van der Waals surface area contributed by atoms with Crippen molar-refractivity contribution in [3.63, 3.8) is 0 Å². The summed E-state index contributed by atoms with van der Waals surface area (Å²) in [5.74, 6) is -8.11. The van der Waals surface area contributed by atoms with Gasteiger partial charge in [-0.3, -0.25) is 23.9 Å². The van der Waals surface area contributed by atoms with Gasteiger partial charge in [-0.05, 0) is 55.8 Å². The van der Waals surface area contributed by atoms with Crippen molar-refractivity contribution < 1.29 is 41.9 Å². The number of hydrogen-bond donors (Lipinski definition) is 4. The number of ether oxygens (including phenoxy) is 1. The molecule has 0 aromatic heterocycles. The first-order valence-corrected chi connectivity index (χ1v) is 15.6. The third kappa shape index (κ3) is 9.96. The van der Waals surface area contributed by atoms with Crippen molar-refractivity contribution in [3.8, 4) is 0 Å². The van der Waals surface area contributed by atoms with Gasteiger partial charge in [0.15, 0.2) is 6.10 Å². The van der Waals surface area contributed by atoms with E-state index in [1.807, 2.05) is 6.92 Å². The molecule has 0 aliphatic carbocycles. The molecule has 2 aromatic rings. The number of carbonyl (C=O) groups is 5. The van der Waals surface area contributed by atoms with E-state index in [-0.39, 0.29) is 30.9 Å². The summed E-state index contributed by atoms with van der Waals surface area (Å²) < 4.78 is 52.6. The molecule has 4 amide bonds. The summed E-state index contributed by atoms with van der Waals surface area (Å²) in [6.07, 6.45) is -1.65. The minimum atomic E-state index is -3.83. The zero-order chi connectivity index (χ0) is 33.0. The van der Waals surface area contributed by atoms with Gasteiger partial charge in [-0.15, -0.1) is 0 Å². The molecule has 1 aliphatic rings. The smallest absolute Gasteiger partial charge is 0.418 e. The van der Waals surface area contributed by atoms with Gasteiger partial charge >= 0.3 is 12.0 Å². The van der Waals surface area contributed by atoms with E-state index in [4.69, 9.17) is 4.74 Å². The SMILES string of the molecule is CCCC[C@H](SNC(=O)O[C@@H](c1ccccc1)C(F)(F)c1cccc(F)c1)C(=O)N[C@@H](C[C@@H]1CCNC1=O)C(=O)C(=O)NCC. The average molecular weight is 651 g/mol. The fraction of sp³-hybridized carbons (Fsp3) is 0.452. The first-order chi connectivity index (χ1) is 21.5. The monoisotopic (exact) mass is 650 g/mol. The number of amides is 4. The Kier molecular flexibility index (Phi) is 13.3. The van der Waals surface area contributed by atoms with E-state index < -0.39 is 64.3 Å². The van der Waals surface area contributed by atoms with Gasteiger partial charge in [-0.2, -0.15) is 8.78 Å². The lowest BCUT2D eigenvalue weighted by atomic mass is 9.95. The van der Waals surface area contributed by atoms with Crippen molar-refractivity contribution >= 4 is 41.5 Å². The maximum atomic E-state index is 15.6. The number of carbonyl (C=O) groups excluding carboxylic acids is 5. The van der Waals surface area contributed by atoms with Gasteiger partial charge in [0.2, 0.25) is 17.6 Å². The van der Waals surface area contributed by atoms with E-state index in [9.17, 15) is 28.4 Å². The molecule has 0 unspecified atom stereocenters. The molecule has 0 saturated carbocycles. The molecule has 0 bridgehead atoms. The maximum absolute atomic E-state index is 15.6. The van der Waals surface area contributed by atoms with E-state index in [1.165, 1.54) is 24.3 Å². The highest BCUT2D eigenvalue weighted by Gasteiger charge is 2.46. The van der Waals surface area contributed by atoms with Crippen LogP contribution in [0.3, 0.4) is 0 Å². The Balaban J connectivity index is 1.76. The van der Waals surface area contributed by atoms with Crippen LogP contribution in [-0.4, -0.2) is 54.0 Å². The third-order valence-corrected chi connectivity index (χ3v) is 8.16. The second kappa shape index (κ2) is 16.8. The summed E-state index contributed by atoms with van der Waals surface area (Å²) in [6, 6.07) is 9.75. The molecule has 244 valence electrons. The lowest BCUT2D eigenvalue weighted by molar-refractivity contribution is -0.140. The van der Waals surface area contributed by atoms with Gasteiger partial charge in [0, 0.05) is 24.6 Å². The lowest BCUT2D eigenvalue weighted by Crippen LogP contribution is -2.51. The topological polar surface area (TPSA) is 143 Å². The van der Waals surface area contributed by atoms with Crippen molar-refractivity contribution in [2.45, 2.75) is 69.3 Å². The molecule has 1 aliphatic heterocycles. The maximum Gasteiger partial charge on any atom is 0.418 e. The first kappa shape index (κ1) is 35.4. The van der Waals surface area contributed by atoms with Crippen LogP contribution < -0.4 is 20.7 Å². The molecule has 2 aromatic carbocycles. The normalized spacial score (nSPS) is 16.6. The highest BCUT2D eigenvalue weighted by molar-refractivity contribution is 7.99. The molecule has 1 saturated heterocycles. The molecule has 0 radical (unpaired) electrons. The summed E-state index contributed by atoms with van der Waals surface area (Å²) in [6.45, 7) is 4.09. The van der Waals surface area contributed by atoms with Crippen molar-refractivity contribution in [1.29, 1.82) is 0 Å². The van der Waals surface area contributed by atoms with Gasteiger partial charge in [-0.25, -0.2) is 9.18 Å². The van der Waals surface area contributed by atoms with Crippen LogP contribution in [-0.2, 0) is 29.8 Å². The fourth-order valence-electron chi connectivity index (χ4n) is 4.77. The molecule has 4 atom stereocenters. The number of hydrogen-bond acceptors (Lipinski definition) is 7. The number of likely N-dealkylation sites (N-methyl/N-ethyl adjacent to an activating group) is 1. The molecule has 1 fully saturated rings. The Bertz CT molecular complexity index is 1350. The van der Waals surface area contributed by atoms with Crippen LogP contribution in [0.5, 0.6) is 0 Å². The van der Waals surface area contributed by atoms with Crippen molar-refractivity contribution in [2.24, 2.45) is 5.92 Å². The number of nitrogens with one attached hydrogen (secondary N) is 4. The van der Waals surface area contributed by atoms with Gasteiger partial charge < -0.3 is 20.7 Å². The Morgan fingerprint density at radius 1 is 1.09 bits per heavy atom. The predicted octanol–water partition coefficient (Wildman–Crippen LogP) is 4.31. The highest BCUT2D eigenvalue weighted by Crippen LogP contribution is 2.43. The Hall–Kier alpha value is -4.07. The van der Waals surface area contributed by atoms with Crippen LogP contribution in [0.25, 0.3) is 0 Å². The van der Waals surface area contributed by atoms with Gasteiger partial charge in [-0.1, -0.05) is 62.2 Å². The number of alkyl halides is 2. The van der Waals surface area contributed by atoms with Crippen LogP contribution in [0.2, 0.25) is 0 Å². The minimum Gasteiger partial charge on any atom is -0.434 e. The van der Waals surface area contributed by atoms with E-state index in [0.717, 1.165) is 18.2 Å². The van der Waals surface area contributed by atoms with Gasteiger partial charge in [0.05, 0.1) is 6.04 Å². The molecule has 14 heteroatoms. The quantitative estimate of drug-likeness (QED) is 0.157. The van der Waals surface area contributed by atoms with Gasteiger partial charge in [0.1, 0.15) is 11.1 Å². The molecule has 3 rings (SSSR count). The summed E-state index contributed by atoms with van der Waals surface area (Å²) in [4.78, 5) is 63.6. The van der Waals surface area contributed by atoms with E-state index in [1.54, 1.807) is 13.0 Å². The summed E-state index contributed by atoms with van der Waals surface area (Å²) in [7, 11) is 0. The van der Waals surface area contributed by atoms with Crippen LogP contribution in [0.15, 0.2) is 54.6 Å². The number of halogens is 3. The zero-order valence-corrected chi connectivity index (χ0v) is 25.8. The van der Waals surface area contributed by atoms with Crippen LogP contribution in [0, 0.1) is 11.7 Å². The van der Waals surface area contributed by atoms with Crippen molar-refractivity contribution in [2.75, 3.05) is 13.1 Å². The second-order valence-corrected chi connectivity index (χ2v) is 11.5. The summed E-state index contributed by atoms with van der Waals surface area (Å²) >= 11 is 0.607. The van der Waals surface area contributed by atoms with Crippen LogP contribution >= 0.6 is 11.9 Å². The number of Topliss-reactive ketones (excluding diaryl/α,β-unsaturated/α-hetero) is 1. The Labute approximate surface area is 263 Å². The fourth-order valence-corrected chi connectivity index (χ4v) is 5.51. The summed E-state index contributed by atoms with van der Waals surface area (Å²) in [5, 5.41) is 6.61. The molecule has 45 heavy (non-hydrogen) atoms. The molecular formula is C31H37F3N4O6S. The van der Waals surface area contributed by atoms with E-state index in [0.29, 0.717) is 43.8 Å². The third-order valence-electron chi connectivity index (χ3n) is 7.14. The van der Waals surface area contributed by atoms with E-state index >= 15 is 8.78 Å². The Morgan fingerprint density at radius 2 is 1.82 bits per heavy atom. The predicted molar refractivity (Wildman–Crippen MR) is 161 cm³/mol. The second-order valence-electron chi connectivity index (χ2n) is 10.5. The minimum absolute atomic E-state index is 0.0464. The first-order valence-electron chi connectivity index (χ1n) is 14.7. The largest absolute Gasteiger partial charge is 0.434 e. The number of benzene rings is 2. The van der Waals surface area contributed by atoms with E-state index in [2.05, 4.69) is 20.7 Å². The number of rotatable bonds is 16. The molecular weight excluding hydrogens is 613 g/mol. The van der Waals surface area contributed by atoms with Crippen molar-refractivity contribution in [1.82, 2.24) is 20.7 Å². The van der Waals surface area contributed by atoms with Crippen LogP contribution in [0.1, 0.15) is 63.2 Å². The zero-order valence-electron chi connectivity index (χ0n) is 24.9. The van der Waals surface area contributed by atoms with Crippen molar-refractivity contribution in [3.05, 3.63) is 71.5 Å².